The summed E-state index contributed by atoms with van der Waals surface area (Å²) in [4.78, 5) is 4.55. The van der Waals surface area contributed by atoms with E-state index in [0.29, 0.717) is 13.2 Å². The average Bonchev–Trinajstić information content (AvgIpc) is 2.49. The number of aromatic nitrogens is 1. The van der Waals surface area contributed by atoms with E-state index in [4.69, 9.17) is 10.5 Å². The zero-order chi connectivity index (χ0) is 12.4. The first-order valence-electron chi connectivity index (χ1n) is 5.50. The van der Waals surface area contributed by atoms with Gasteiger partial charge in [-0.05, 0) is 13.8 Å². The Morgan fingerprint density at radius 2 is 1.94 bits per heavy atom. The molecule has 1 rings (SSSR count). The standard InChI is InChI=1S/C12H22N2OS/c1-11(2,3)9-7-16-10(14-9)6-15-8-12(4,5)13/h7H,6,8,13H2,1-5H3. The summed E-state index contributed by atoms with van der Waals surface area (Å²) in [5, 5.41) is 3.13. The van der Waals surface area contributed by atoms with Gasteiger partial charge in [-0.2, -0.15) is 0 Å². The molecule has 4 heteroatoms. The van der Waals surface area contributed by atoms with Crippen LogP contribution in [0.15, 0.2) is 5.38 Å². The third-order valence-electron chi connectivity index (χ3n) is 2.02. The first-order chi connectivity index (χ1) is 7.18. The van der Waals surface area contributed by atoms with E-state index in [9.17, 15) is 0 Å². The van der Waals surface area contributed by atoms with Crippen molar-refractivity contribution >= 4 is 11.3 Å². The van der Waals surface area contributed by atoms with Gasteiger partial charge < -0.3 is 10.5 Å². The minimum Gasteiger partial charge on any atom is -0.372 e. The van der Waals surface area contributed by atoms with Gasteiger partial charge >= 0.3 is 0 Å². The van der Waals surface area contributed by atoms with Crippen molar-refractivity contribution in [1.29, 1.82) is 0 Å². The van der Waals surface area contributed by atoms with Crippen LogP contribution in [-0.4, -0.2) is 17.1 Å². The summed E-state index contributed by atoms with van der Waals surface area (Å²) >= 11 is 1.65. The number of nitrogens with two attached hydrogens (primary N) is 1. The molecule has 0 unspecified atom stereocenters. The van der Waals surface area contributed by atoms with E-state index in [2.05, 4.69) is 31.1 Å². The van der Waals surface area contributed by atoms with Crippen LogP contribution >= 0.6 is 11.3 Å². The fourth-order valence-corrected chi connectivity index (χ4v) is 2.08. The normalized spacial score (nSPS) is 13.1. The van der Waals surface area contributed by atoms with E-state index in [1.54, 1.807) is 11.3 Å². The van der Waals surface area contributed by atoms with Crippen LogP contribution in [-0.2, 0) is 16.8 Å². The number of thiazole rings is 1. The second kappa shape index (κ2) is 4.82. The molecule has 3 nitrogen and oxygen atoms in total. The monoisotopic (exact) mass is 242 g/mol. The molecule has 0 aliphatic heterocycles. The fourth-order valence-electron chi connectivity index (χ4n) is 1.12. The Balaban J connectivity index is 2.48. The van der Waals surface area contributed by atoms with Crippen LogP contribution in [0.4, 0.5) is 0 Å². The quantitative estimate of drug-likeness (QED) is 0.883. The summed E-state index contributed by atoms with van der Waals surface area (Å²) in [6.07, 6.45) is 0. The minimum atomic E-state index is -0.274. The Hall–Kier alpha value is -0.450. The Labute approximate surface area is 102 Å². The van der Waals surface area contributed by atoms with Gasteiger partial charge in [0.1, 0.15) is 5.01 Å². The lowest BCUT2D eigenvalue weighted by Gasteiger charge is -2.17. The molecule has 0 saturated carbocycles. The highest BCUT2D eigenvalue weighted by atomic mass is 32.1. The largest absolute Gasteiger partial charge is 0.372 e. The number of nitrogens with zero attached hydrogens (tertiary/aromatic N) is 1. The van der Waals surface area contributed by atoms with Crippen molar-refractivity contribution in [1.82, 2.24) is 4.98 Å². The second-order valence-corrected chi connectivity index (χ2v) is 6.80. The zero-order valence-electron chi connectivity index (χ0n) is 10.8. The van der Waals surface area contributed by atoms with E-state index in [1.807, 2.05) is 13.8 Å². The summed E-state index contributed by atoms with van der Waals surface area (Å²) in [5.41, 5.74) is 6.80. The SMILES string of the molecule is CC(C)(N)COCc1nc(C(C)(C)C)cs1. The molecule has 0 spiro atoms. The van der Waals surface area contributed by atoms with Crippen LogP contribution in [0.2, 0.25) is 0 Å². The van der Waals surface area contributed by atoms with Crippen molar-refractivity contribution in [3.05, 3.63) is 16.1 Å². The maximum absolute atomic E-state index is 5.83. The first-order valence-corrected chi connectivity index (χ1v) is 6.38. The summed E-state index contributed by atoms with van der Waals surface area (Å²) in [6.45, 7) is 11.5. The third kappa shape index (κ3) is 4.60. The molecular weight excluding hydrogens is 220 g/mol. The van der Waals surface area contributed by atoms with Crippen molar-refractivity contribution in [2.75, 3.05) is 6.61 Å². The number of ether oxygens (including phenoxy) is 1. The molecule has 16 heavy (non-hydrogen) atoms. The summed E-state index contributed by atoms with van der Waals surface area (Å²) < 4.78 is 5.53. The maximum Gasteiger partial charge on any atom is 0.119 e. The van der Waals surface area contributed by atoms with E-state index in [1.165, 1.54) is 0 Å². The molecule has 1 aromatic heterocycles. The molecule has 0 bridgehead atoms. The number of rotatable bonds is 4. The predicted octanol–water partition coefficient (Wildman–Crippen LogP) is 2.69. The number of hydrogen-bond donors (Lipinski definition) is 1. The topological polar surface area (TPSA) is 48.1 Å². The van der Waals surface area contributed by atoms with Crippen LogP contribution in [0.25, 0.3) is 0 Å². The van der Waals surface area contributed by atoms with Crippen LogP contribution in [0, 0.1) is 0 Å². The summed E-state index contributed by atoms with van der Waals surface area (Å²) in [7, 11) is 0. The molecule has 0 aliphatic carbocycles. The molecule has 0 saturated heterocycles. The lowest BCUT2D eigenvalue weighted by molar-refractivity contribution is 0.0848. The van der Waals surface area contributed by atoms with Gasteiger partial charge in [0.15, 0.2) is 0 Å². The van der Waals surface area contributed by atoms with Crippen LogP contribution in [0.1, 0.15) is 45.3 Å². The van der Waals surface area contributed by atoms with Crippen molar-refractivity contribution in [3.8, 4) is 0 Å². The molecule has 92 valence electrons. The van der Waals surface area contributed by atoms with Gasteiger partial charge in [-0.1, -0.05) is 20.8 Å². The van der Waals surface area contributed by atoms with Crippen molar-refractivity contribution in [2.45, 2.75) is 52.2 Å². The number of hydrogen-bond acceptors (Lipinski definition) is 4. The molecular formula is C12H22N2OS. The van der Waals surface area contributed by atoms with Gasteiger partial charge in [-0.15, -0.1) is 11.3 Å². The van der Waals surface area contributed by atoms with Crippen molar-refractivity contribution in [2.24, 2.45) is 5.73 Å². The fraction of sp³-hybridized carbons (Fsp3) is 0.750. The second-order valence-electron chi connectivity index (χ2n) is 5.86. The molecule has 1 aromatic rings. The van der Waals surface area contributed by atoms with Crippen LogP contribution in [0.5, 0.6) is 0 Å². The molecule has 1 heterocycles. The first kappa shape index (κ1) is 13.6. The van der Waals surface area contributed by atoms with Gasteiger partial charge in [-0.3, -0.25) is 0 Å². The highest BCUT2D eigenvalue weighted by molar-refractivity contribution is 7.09. The molecule has 0 radical (unpaired) electrons. The lowest BCUT2D eigenvalue weighted by Crippen LogP contribution is -2.37. The van der Waals surface area contributed by atoms with Crippen molar-refractivity contribution < 1.29 is 4.74 Å². The molecule has 0 amide bonds. The van der Waals surface area contributed by atoms with Gasteiger partial charge in [0.05, 0.1) is 18.9 Å². The third-order valence-corrected chi connectivity index (χ3v) is 2.84. The van der Waals surface area contributed by atoms with Gasteiger partial charge in [0.2, 0.25) is 0 Å². The average molecular weight is 242 g/mol. The Kier molecular flexibility index (Phi) is 4.10. The maximum atomic E-state index is 5.83. The summed E-state index contributed by atoms with van der Waals surface area (Å²) in [6, 6.07) is 0. The van der Waals surface area contributed by atoms with E-state index < -0.39 is 0 Å². The van der Waals surface area contributed by atoms with Crippen LogP contribution in [0.3, 0.4) is 0 Å². The van der Waals surface area contributed by atoms with E-state index in [0.717, 1.165) is 10.7 Å². The smallest absolute Gasteiger partial charge is 0.119 e. The summed E-state index contributed by atoms with van der Waals surface area (Å²) in [5.74, 6) is 0. The molecule has 2 N–H and O–H groups in total. The van der Waals surface area contributed by atoms with Crippen molar-refractivity contribution in [3.63, 3.8) is 0 Å². The highest BCUT2D eigenvalue weighted by Gasteiger charge is 2.17. The predicted molar refractivity (Wildman–Crippen MR) is 68.7 cm³/mol. The van der Waals surface area contributed by atoms with Gasteiger partial charge in [0, 0.05) is 16.3 Å². The van der Waals surface area contributed by atoms with Gasteiger partial charge in [-0.25, -0.2) is 4.98 Å². The molecule has 0 aliphatic rings. The molecule has 0 aromatic carbocycles. The Bertz CT molecular complexity index is 334. The highest BCUT2D eigenvalue weighted by Crippen LogP contribution is 2.24. The van der Waals surface area contributed by atoms with E-state index in [-0.39, 0.29) is 11.0 Å². The lowest BCUT2D eigenvalue weighted by atomic mass is 9.93. The Morgan fingerprint density at radius 1 is 1.31 bits per heavy atom. The molecule has 0 fully saturated rings. The van der Waals surface area contributed by atoms with Crippen LogP contribution < -0.4 is 5.73 Å². The minimum absolute atomic E-state index is 0.113. The van der Waals surface area contributed by atoms with E-state index >= 15 is 0 Å². The molecule has 0 atom stereocenters. The zero-order valence-corrected chi connectivity index (χ0v) is 11.6. The Morgan fingerprint density at radius 3 is 2.38 bits per heavy atom. The van der Waals surface area contributed by atoms with Gasteiger partial charge in [0.25, 0.3) is 0 Å².